The molecule has 0 saturated heterocycles. The third-order valence-corrected chi connectivity index (χ3v) is 4.62. The molecule has 0 fully saturated rings. The minimum atomic E-state index is -0.415. The molecular weight excluding hydrogens is 316 g/mol. The molecule has 0 aliphatic carbocycles. The van der Waals surface area contributed by atoms with E-state index >= 15 is 0 Å². The Kier molecular flexibility index (Phi) is 6.69. The van der Waals surface area contributed by atoms with E-state index in [-0.39, 0.29) is 5.91 Å². The van der Waals surface area contributed by atoms with E-state index in [9.17, 15) is 4.79 Å². The molecule has 0 heterocycles. The molecule has 0 bridgehead atoms. The van der Waals surface area contributed by atoms with Crippen molar-refractivity contribution in [1.82, 2.24) is 4.90 Å². The molecule has 0 aliphatic rings. The highest BCUT2D eigenvalue weighted by Gasteiger charge is 2.36. The predicted molar refractivity (Wildman–Crippen MR) is 87.3 cm³/mol. The number of halogens is 1. The first kappa shape index (κ1) is 17.2. The van der Waals surface area contributed by atoms with Crippen LogP contribution >= 0.6 is 15.9 Å². The van der Waals surface area contributed by atoms with Gasteiger partial charge in [-0.25, -0.2) is 0 Å². The highest BCUT2D eigenvalue weighted by Crippen LogP contribution is 2.28. The van der Waals surface area contributed by atoms with Gasteiger partial charge in [-0.15, -0.1) is 0 Å². The molecule has 0 aliphatic heterocycles. The van der Waals surface area contributed by atoms with E-state index < -0.39 is 5.41 Å². The molecule has 1 rings (SSSR count). The summed E-state index contributed by atoms with van der Waals surface area (Å²) in [5.41, 5.74) is 6.60. The van der Waals surface area contributed by atoms with Crippen LogP contribution in [0, 0.1) is 5.41 Å². The minimum Gasteiger partial charge on any atom is -0.338 e. The second kappa shape index (κ2) is 7.79. The van der Waals surface area contributed by atoms with Gasteiger partial charge in [0.25, 0.3) is 0 Å². The highest BCUT2D eigenvalue weighted by molar-refractivity contribution is 9.10. The van der Waals surface area contributed by atoms with Crippen LogP contribution in [0.1, 0.15) is 39.2 Å². The van der Waals surface area contributed by atoms with E-state index in [0.29, 0.717) is 19.6 Å². The van der Waals surface area contributed by atoms with Crippen molar-refractivity contribution in [3.63, 3.8) is 0 Å². The molecule has 3 nitrogen and oxygen atoms in total. The molecule has 0 aromatic heterocycles. The van der Waals surface area contributed by atoms with E-state index in [0.717, 1.165) is 22.9 Å². The van der Waals surface area contributed by atoms with Gasteiger partial charge in [0.05, 0.1) is 5.41 Å². The van der Waals surface area contributed by atoms with Gasteiger partial charge in [-0.2, -0.15) is 0 Å². The van der Waals surface area contributed by atoms with Crippen molar-refractivity contribution in [3.05, 3.63) is 34.3 Å². The summed E-state index contributed by atoms with van der Waals surface area (Å²) in [4.78, 5) is 14.7. The molecule has 1 amide bonds. The van der Waals surface area contributed by atoms with Crippen molar-refractivity contribution >= 4 is 21.8 Å². The van der Waals surface area contributed by atoms with Crippen LogP contribution in [-0.4, -0.2) is 23.9 Å². The SMILES string of the molecule is CCN(Cc1cccc(Br)c1)C(=O)C(CC)(CC)CN. The summed E-state index contributed by atoms with van der Waals surface area (Å²) in [6, 6.07) is 8.08. The number of hydrogen-bond acceptors (Lipinski definition) is 2. The normalized spacial score (nSPS) is 11.4. The van der Waals surface area contributed by atoms with Crippen molar-refractivity contribution in [3.8, 4) is 0 Å². The summed E-state index contributed by atoms with van der Waals surface area (Å²) in [5.74, 6) is 0.174. The van der Waals surface area contributed by atoms with Crippen LogP contribution in [0.25, 0.3) is 0 Å². The van der Waals surface area contributed by atoms with Crippen LogP contribution < -0.4 is 5.73 Å². The van der Waals surface area contributed by atoms with E-state index in [1.807, 2.05) is 43.9 Å². The van der Waals surface area contributed by atoms with E-state index in [1.54, 1.807) is 0 Å². The maximum atomic E-state index is 12.8. The zero-order valence-electron chi connectivity index (χ0n) is 12.7. The van der Waals surface area contributed by atoms with Gasteiger partial charge in [0.15, 0.2) is 0 Å². The first-order chi connectivity index (χ1) is 9.52. The van der Waals surface area contributed by atoms with Gasteiger partial charge >= 0.3 is 0 Å². The van der Waals surface area contributed by atoms with Gasteiger partial charge in [0.1, 0.15) is 0 Å². The fourth-order valence-electron chi connectivity index (χ4n) is 2.45. The Labute approximate surface area is 130 Å². The predicted octanol–water partition coefficient (Wildman–Crippen LogP) is 3.56. The number of amides is 1. The van der Waals surface area contributed by atoms with Crippen LogP contribution in [-0.2, 0) is 11.3 Å². The van der Waals surface area contributed by atoms with Gasteiger partial charge in [-0.1, -0.05) is 41.9 Å². The van der Waals surface area contributed by atoms with Gasteiger partial charge in [-0.3, -0.25) is 4.79 Å². The monoisotopic (exact) mass is 340 g/mol. The summed E-state index contributed by atoms with van der Waals surface area (Å²) < 4.78 is 1.04. The van der Waals surface area contributed by atoms with Crippen LogP contribution in [0.3, 0.4) is 0 Å². The number of nitrogens with zero attached hydrogens (tertiary/aromatic N) is 1. The minimum absolute atomic E-state index is 0.174. The quantitative estimate of drug-likeness (QED) is 0.824. The maximum absolute atomic E-state index is 12.8. The Morgan fingerprint density at radius 2 is 1.95 bits per heavy atom. The molecule has 1 aromatic rings. The first-order valence-corrected chi connectivity index (χ1v) is 8.06. The van der Waals surface area contributed by atoms with Gasteiger partial charge < -0.3 is 10.6 Å². The molecule has 112 valence electrons. The average molecular weight is 341 g/mol. The van der Waals surface area contributed by atoms with Gasteiger partial charge in [0.2, 0.25) is 5.91 Å². The second-order valence-electron chi connectivity index (χ2n) is 5.14. The number of benzene rings is 1. The molecule has 0 atom stereocenters. The first-order valence-electron chi connectivity index (χ1n) is 7.26. The summed E-state index contributed by atoms with van der Waals surface area (Å²) in [7, 11) is 0. The number of rotatable bonds is 7. The Morgan fingerprint density at radius 1 is 1.30 bits per heavy atom. The molecule has 4 heteroatoms. The molecule has 20 heavy (non-hydrogen) atoms. The summed E-state index contributed by atoms with van der Waals surface area (Å²) >= 11 is 3.47. The zero-order chi connectivity index (χ0) is 15.2. The van der Waals surface area contributed by atoms with Crippen LogP contribution in [0.2, 0.25) is 0 Å². The fourth-order valence-corrected chi connectivity index (χ4v) is 2.89. The number of nitrogens with two attached hydrogens (primary N) is 1. The fraction of sp³-hybridized carbons (Fsp3) is 0.562. The summed E-state index contributed by atoms with van der Waals surface area (Å²) in [6.07, 6.45) is 1.57. The lowest BCUT2D eigenvalue weighted by Crippen LogP contribution is -2.47. The highest BCUT2D eigenvalue weighted by atomic mass is 79.9. The molecule has 0 unspecified atom stereocenters. The smallest absolute Gasteiger partial charge is 0.230 e. The van der Waals surface area contributed by atoms with Gasteiger partial charge in [0, 0.05) is 24.1 Å². The molecule has 0 radical (unpaired) electrons. The van der Waals surface area contributed by atoms with Crippen LogP contribution in [0.4, 0.5) is 0 Å². The molecule has 1 aromatic carbocycles. The van der Waals surface area contributed by atoms with E-state index in [4.69, 9.17) is 5.73 Å². The van der Waals surface area contributed by atoms with Gasteiger partial charge in [-0.05, 0) is 37.5 Å². The lowest BCUT2D eigenvalue weighted by molar-refractivity contribution is -0.142. The summed E-state index contributed by atoms with van der Waals surface area (Å²) in [5, 5.41) is 0. The molecule has 0 spiro atoms. The zero-order valence-corrected chi connectivity index (χ0v) is 14.2. The standard InChI is InChI=1S/C16H25BrN2O/c1-4-16(5-2,12-18)15(20)19(6-3)11-13-8-7-9-14(17)10-13/h7-10H,4-6,11-12,18H2,1-3H3. The van der Waals surface area contributed by atoms with Crippen LogP contribution in [0.15, 0.2) is 28.7 Å². The molecule has 0 saturated carbocycles. The third kappa shape index (κ3) is 3.83. The van der Waals surface area contributed by atoms with E-state index in [2.05, 4.69) is 22.0 Å². The Balaban J connectivity index is 2.92. The Morgan fingerprint density at radius 3 is 2.40 bits per heavy atom. The van der Waals surface area contributed by atoms with Crippen molar-refractivity contribution in [1.29, 1.82) is 0 Å². The van der Waals surface area contributed by atoms with Crippen molar-refractivity contribution in [2.24, 2.45) is 11.1 Å². The summed E-state index contributed by atoms with van der Waals surface area (Å²) in [6.45, 7) is 7.85. The Hall–Kier alpha value is -0.870. The number of carbonyl (C=O) groups is 1. The average Bonchev–Trinajstić information content (AvgIpc) is 2.47. The van der Waals surface area contributed by atoms with Crippen molar-refractivity contribution in [2.45, 2.75) is 40.2 Å². The van der Waals surface area contributed by atoms with Crippen molar-refractivity contribution in [2.75, 3.05) is 13.1 Å². The third-order valence-electron chi connectivity index (χ3n) is 4.13. The van der Waals surface area contributed by atoms with Crippen LogP contribution in [0.5, 0.6) is 0 Å². The lowest BCUT2D eigenvalue weighted by atomic mass is 9.81. The topological polar surface area (TPSA) is 46.3 Å². The largest absolute Gasteiger partial charge is 0.338 e. The second-order valence-corrected chi connectivity index (χ2v) is 6.06. The lowest BCUT2D eigenvalue weighted by Gasteiger charge is -2.35. The van der Waals surface area contributed by atoms with E-state index in [1.165, 1.54) is 0 Å². The molecule has 2 N–H and O–H groups in total. The van der Waals surface area contributed by atoms with Crippen molar-refractivity contribution < 1.29 is 4.79 Å². The number of carbonyl (C=O) groups excluding carboxylic acids is 1. The maximum Gasteiger partial charge on any atom is 0.230 e. The number of hydrogen-bond donors (Lipinski definition) is 1. The molecular formula is C16H25BrN2O. The Bertz CT molecular complexity index is 436.